The first-order chi connectivity index (χ1) is 14.1. The smallest absolute Gasteiger partial charge is 0.322 e. The summed E-state index contributed by atoms with van der Waals surface area (Å²) in [7, 11) is 0. The van der Waals surface area contributed by atoms with E-state index in [9.17, 15) is 9.59 Å². The molecule has 0 saturated carbocycles. The van der Waals surface area contributed by atoms with E-state index < -0.39 is 11.2 Å². The molecular formula is C18H21N7O2S2. The Labute approximate surface area is 174 Å². The lowest BCUT2D eigenvalue weighted by Crippen LogP contribution is -2.31. The number of aryl methyl sites for hydroxylation is 2. The van der Waals surface area contributed by atoms with Crippen LogP contribution < -0.4 is 11.2 Å². The van der Waals surface area contributed by atoms with Gasteiger partial charge in [-0.2, -0.15) is 0 Å². The maximum absolute atomic E-state index is 12.5. The number of thiophene rings is 1. The van der Waals surface area contributed by atoms with Gasteiger partial charge in [0.05, 0.1) is 10.6 Å². The Morgan fingerprint density at radius 1 is 1.21 bits per heavy atom. The van der Waals surface area contributed by atoms with E-state index in [0.29, 0.717) is 35.2 Å². The lowest BCUT2D eigenvalue weighted by molar-refractivity contribution is 0.613. The maximum Gasteiger partial charge on any atom is 0.330 e. The van der Waals surface area contributed by atoms with Crippen LogP contribution in [0.5, 0.6) is 0 Å². The van der Waals surface area contributed by atoms with Gasteiger partial charge in [0.25, 0.3) is 5.56 Å². The number of hydrogen-bond donors (Lipinski definition) is 2. The van der Waals surface area contributed by atoms with Crippen molar-refractivity contribution in [2.24, 2.45) is 0 Å². The van der Waals surface area contributed by atoms with Crippen LogP contribution >= 0.6 is 23.1 Å². The minimum Gasteiger partial charge on any atom is -0.322 e. The van der Waals surface area contributed by atoms with Crippen molar-refractivity contribution >= 4 is 34.3 Å². The molecule has 0 spiro atoms. The van der Waals surface area contributed by atoms with Crippen LogP contribution in [0.4, 0.5) is 0 Å². The van der Waals surface area contributed by atoms with Crippen molar-refractivity contribution in [3.05, 3.63) is 44.2 Å². The number of imidazole rings is 1. The normalized spacial score (nSPS) is 11.5. The molecule has 0 amide bonds. The van der Waals surface area contributed by atoms with Crippen LogP contribution in [0, 0.1) is 0 Å². The lowest BCUT2D eigenvalue weighted by Gasteiger charge is -2.06. The van der Waals surface area contributed by atoms with E-state index >= 15 is 0 Å². The fourth-order valence-corrected chi connectivity index (χ4v) is 4.56. The molecule has 0 unspecified atom stereocenters. The molecule has 0 fully saturated rings. The third-order valence-electron chi connectivity index (χ3n) is 4.57. The summed E-state index contributed by atoms with van der Waals surface area (Å²) in [6.45, 7) is 5.12. The number of H-pyrrole nitrogens is 2. The molecule has 4 rings (SSSR count). The molecule has 4 aromatic heterocycles. The highest BCUT2D eigenvalue weighted by Crippen LogP contribution is 2.25. The molecule has 29 heavy (non-hydrogen) atoms. The molecule has 152 valence electrons. The van der Waals surface area contributed by atoms with Crippen LogP contribution in [0.25, 0.3) is 21.9 Å². The summed E-state index contributed by atoms with van der Waals surface area (Å²) in [6.07, 6.45) is 1.79. The second-order valence-electron chi connectivity index (χ2n) is 6.44. The largest absolute Gasteiger partial charge is 0.330 e. The Bertz CT molecular complexity index is 1230. The Balaban J connectivity index is 1.66. The zero-order valence-corrected chi connectivity index (χ0v) is 17.8. The zero-order chi connectivity index (χ0) is 20.4. The molecule has 4 aromatic rings. The number of hydrogen-bond acceptors (Lipinski definition) is 7. The van der Waals surface area contributed by atoms with E-state index in [1.165, 1.54) is 11.8 Å². The van der Waals surface area contributed by atoms with Crippen LogP contribution in [0.2, 0.25) is 0 Å². The number of aromatic amines is 2. The zero-order valence-electron chi connectivity index (χ0n) is 16.1. The highest BCUT2D eigenvalue weighted by Gasteiger charge is 2.18. The average Bonchev–Trinajstić information content (AvgIpc) is 3.44. The number of fused-ring (bicyclic) bond motifs is 1. The van der Waals surface area contributed by atoms with Crippen molar-refractivity contribution in [1.29, 1.82) is 0 Å². The summed E-state index contributed by atoms with van der Waals surface area (Å²) in [5, 5.41) is 9.81. The molecule has 11 heteroatoms. The fourth-order valence-electron chi connectivity index (χ4n) is 3.16. The molecule has 2 N–H and O–H groups in total. The lowest BCUT2D eigenvalue weighted by atomic mass is 10.3. The standard InChI is InChI=1S/C18H21N7O2S2/c1-3-5-8-25-15-13(16(26)21-18(25)27)24(4-2)12(19-15)10-29-17-20-14(22-23-17)11-7-6-9-28-11/h6-7,9H,3-5,8,10H2,1-2H3,(H,20,22,23)(H,21,26,27). The van der Waals surface area contributed by atoms with Crippen LogP contribution in [-0.2, 0) is 18.8 Å². The molecule has 0 bridgehead atoms. The summed E-state index contributed by atoms with van der Waals surface area (Å²) in [4.78, 5) is 37.4. The van der Waals surface area contributed by atoms with Gasteiger partial charge < -0.3 is 4.57 Å². The van der Waals surface area contributed by atoms with Crippen LogP contribution in [0.3, 0.4) is 0 Å². The number of nitrogens with zero attached hydrogens (tertiary/aromatic N) is 5. The van der Waals surface area contributed by atoms with Gasteiger partial charge in [-0.05, 0) is 24.8 Å². The van der Waals surface area contributed by atoms with Crippen LogP contribution in [0.15, 0.2) is 32.3 Å². The van der Waals surface area contributed by atoms with Crippen LogP contribution in [-0.4, -0.2) is 34.3 Å². The third kappa shape index (κ3) is 3.79. The van der Waals surface area contributed by atoms with Gasteiger partial charge in [0.15, 0.2) is 17.0 Å². The van der Waals surface area contributed by atoms with Gasteiger partial charge in [-0.15, -0.1) is 16.4 Å². The van der Waals surface area contributed by atoms with Crippen molar-refractivity contribution in [3.8, 4) is 10.7 Å². The van der Waals surface area contributed by atoms with Crippen molar-refractivity contribution in [2.45, 2.75) is 50.7 Å². The third-order valence-corrected chi connectivity index (χ3v) is 6.29. The highest BCUT2D eigenvalue weighted by atomic mass is 32.2. The Kier molecular flexibility index (Phi) is 5.67. The summed E-state index contributed by atoms with van der Waals surface area (Å²) in [6, 6.07) is 3.95. The number of unbranched alkanes of at least 4 members (excludes halogenated alkanes) is 1. The predicted octanol–water partition coefficient (Wildman–Crippen LogP) is 2.85. The molecule has 0 aromatic carbocycles. The summed E-state index contributed by atoms with van der Waals surface area (Å²) in [5.74, 6) is 1.94. The van der Waals surface area contributed by atoms with E-state index in [4.69, 9.17) is 0 Å². The van der Waals surface area contributed by atoms with Gasteiger partial charge in [0.1, 0.15) is 5.82 Å². The van der Waals surface area contributed by atoms with Gasteiger partial charge in [-0.1, -0.05) is 31.2 Å². The molecule has 0 radical (unpaired) electrons. The minimum atomic E-state index is -0.412. The minimum absolute atomic E-state index is 0.402. The molecule has 0 aliphatic heterocycles. The van der Waals surface area contributed by atoms with Crippen molar-refractivity contribution in [2.75, 3.05) is 0 Å². The maximum atomic E-state index is 12.5. The molecule has 0 aliphatic rings. The predicted molar refractivity (Wildman–Crippen MR) is 114 cm³/mol. The summed E-state index contributed by atoms with van der Waals surface area (Å²) >= 11 is 3.03. The molecular weight excluding hydrogens is 410 g/mol. The second kappa shape index (κ2) is 8.37. The number of rotatable bonds is 8. The van der Waals surface area contributed by atoms with Gasteiger partial charge >= 0.3 is 5.69 Å². The number of thioether (sulfide) groups is 1. The Hall–Kier alpha value is -2.66. The molecule has 4 heterocycles. The van der Waals surface area contributed by atoms with E-state index in [1.54, 1.807) is 15.9 Å². The van der Waals surface area contributed by atoms with Gasteiger partial charge in [0, 0.05) is 13.1 Å². The van der Waals surface area contributed by atoms with Gasteiger partial charge in [-0.3, -0.25) is 19.4 Å². The Morgan fingerprint density at radius 2 is 2.07 bits per heavy atom. The SMILES string of the molecule is CCCCn1c(=O)[nH]c(=O)c2c1nc(CSc1n[nH]c(-c3cccs3)n1)n2CC. The first kappa shape index (κ1) is 19.6. The van der Waals surface area contributed by atoms with Gasteiger partial charge in [-0.25, -0.2) is 14.8 Å². The molecule has 0 atom stereocenters. The van der Waals surface area contributed by atoms with Gasteiger partial charge in [0.2, 0.25) is 5.16 Å². The summed E-state index contributed by atoms with van der Waals surface area (Å²) < 4.78 is 3.41. The Morgan fingerprint density at radius 3 is 2.79 bits per heavy atom. The quantitative estimate of drug-likeness (QED) is 0.415. The first-order valence-corrected chi connectivity index (χ1v) is 11.3. The fraction of sp³-hybridized carbons (Fsp3) is 0.389. The molecule has 9 nitrogen and oxygen atoms in total. The molecule has 0 aliphatic carbocycles. The average molecular weight is 432 g/mol. The first-order valence-electron chi connectivity index (χ1n) is 9.43. The van der Waals surface area contributed by atoms with E-state index in [1.807, 2.05) is 29.0 Å². The highest BCUT2D eigenvalue weighted by molar-refractivity contribution is 7.98. The van der Waals surface area contributed by atoms with Crippen molar-refractivity contribution in [1.82, 2.24) is 34.3 Å². The summed E-state index contributed by atoms with van der Waals surface area (Å²) in [5.41, 5.74) is 0.0682. The van der Waals surface area contributed by atoms with E-state index in [0.717, 1.165) is 29.4 Å². The molecule has 0 saturated heterocycles. The second-order valence-corrected chi connectivity index (χ2v) is 8.33. The van der Waals surface area contributed by atoms with Crippen LogP contribution in [0.1, 0.15) is 32.5 Å². The topological polar surface area (TPSA) is 114 Å². The van der Waals surface area contributed by atoms with E-state index in [-0.39, 0.29) is 0 Å². The monoisotopic (exact) mass is 431 g/mol. The number of aromatic nitrogens is 7. The van der Waals surface area contributed by atoms with E-state index in [2.05, 4.69) is 32.1 Å². The number of nitrogens with one attached hydrogen (secondary N) is 2. The van der Waals surface area contributed by atoms with Crippen molar-refractivity contribution in [3.63, 3.8) is 0 Å². The van der Waals surface area contributed by atoms with Crippen molar-refractivity contribution < 1.29 is 0 Å².